The van der Waals surface area contributed by atoms with Crippen LogP contribution in [-0.4, -0.2) is 9.78 Å². The van der Waals surface area contributed by atoms with Crippen molar-refractivity contribution in [3.63, 3.8) is 0 Å². The molecule has 2 N–H and O–H groups in total. The fourth-order valence-electron chi connectivity index (χ4n) is 1.29. The van der Waals surface area contributed by atoms with Crippen LogP contribution in [0.15, 0.2) is 34.9 Å². The van der Waals surface area contributed by atoms with E-state index in [1.807, 2.05) is 35.9 Å². The maximum absolute atomic E-state index is 5.73. The first-order chi connectivity index (χ1) is 6.70. The molecule has 2 aromatic rings. The summed E-state index contributed by atoms with van der Waals surface area (Å²) in [7, 11) is 0. The van der Waals surface area contributed by atoms with Gasteiger partial charge in [0.25, 0.3) is 0 Å². The van der Waals surface area contributed by atoms with Gasteiger partial charge in [-0.1, -0.05) is 12.1 Å². The molecule has 72 valence electrons. The lowest BCUT2D eigenvalue weighted by molar-refractivity contribution is 0.844. The molecule has 2 rings (SSSR count). The Morgan fingerprint density at radius 3 is 2.64 bits per heavy atom. The average molecular weight is 252 g/mol. The largest absolute Gasteiger partial charge is 0.396 e. The molecule has 4 heteroatoms. The summed E-state index contributed by atoms with van der Waals surface area (Å²) in [5.74, 6) is 0. The Hall–Kier alpha value is -1.29. The summed E-state index contributed by atoms with van der Waals surface area (Å²) in [6.45, 7) is 1.95. The molecule has 3 nitrogen and oxygen atoms in total. The van der Waals surface area contributed by atoms with Crippen molar-refractivity contribution < 1.29 is 0 Å². The van der Waals surface area contributed by atoms with E-state index in [1.54, 1.807) is 6.20 Å². The van der Waals surface area contributed by atoms with Gasteiger partial charge >= 0.3 is 0 Å². The van der Waals surface area contributed by atoms with Crippen LogP contribution in [0.4, 0.5) is 5.69 Å². The third kappa shape index (κ3) is 1.42. The van der Waals surface area contributed by atoms with Gasteiger partial charge in [-0.05, 0) is 35.0 Å². The van der Waals surface area contributed by atoms with Crippen molar-refractivity contribution in [1.29, 1.82) is 0 Å². The Labute approximate surface area is 90.7 Å². The summed E-state index contributed by atoms with van der Waals surface area (Å²) in [5.41, 5.74) is 8.40. The van der Waals surface area contributed by atoms with E-state index in [0.29, 0.717) is 5.69 Å². The van der Waals surface area contributed by atoms with E-state index in [2.05, 4.69) is 21.0 Å². The van der Waals surface area contributed by atoms with Crippen molar-refractivity contribution in [2.24, 2.45) is 0 Å². The lowest BCUT2D eigenvalue weighted by Crippen LogP contribution is -2.00. The molecule has 0 saturated carbocycles. The molecule has 0 saturated heterocycles. The summed E-state index contributed by atoms with van der Waals surface area (Å²) in [4.78, 5) is 0. The molecule has 0 spiro atoms. The Kier molecular flexibility index (Phi) is 2.29. The van der Waals surface area contributed by atoms with E-state index in [-0.39, 0.29) is 0 Å². The van der Waals surface area contributed by atoms with Crippen LogP contribution < -0.4 is 5.73 Å². The number of nitrogens with zero attached hydrogens (tertiary/aromatic N) is 2. The maximum Gasteiger partial charge on any atom is 0.0791 e. The normalized spacial score (nSPS) is 10.4. The molecule has 0 amide bonds. The van der Waals surface area contributed by atoms with Gasteiger partial charge in [-0.15, -0.1) is 0 Å². The van der Waals surface area contributed by atoms with Gasteiger partial charge < -0.3 is 5.73 Å². The van der Waals surface area contributed by atoms with E-state index in [9.17, 15) is 0 Å². The Balaban J connectivity index is 2.60. The van der Waals surface area contributed by atoms with Gasteiger partial charge in [0.05, 0.1) is 23.3 Å². The van der Waals surface area contributed by atoms with Gasteiger partial charge in [0, 0.05) is 4.47 Å². The molecule has 0 atom stereocenters. The highest BCUT2D eigenvalue weighted by Gasteiger charge is 2.07. The summed E-state index contributed by atoms with van der Waals surface area (Å²) in [6.07, 6.45) is 1.66. The topological polar surface area (TPSA) is 43.8 Å². The first-order valence-electron chi connectivity index (χ1n) is 4.25. The van der Waals surface area contributed by atoms with Gasteiger partial charge in [0.2, 0.25) is 0 Å². The van der Waals surface area contributed by atoms with Crippen LogP contribution in [0, 0.1) is 6.92 Å². The Bertz CT molecular complexity index is 462. The van der Waals surface area contributed by atoms with Crippen molar-refractivity contribution in [2.75, 3.05) is 5.73 Å². The van der Waals surface area contributed by atoms with Crippen LogP contribution in [0.25, 0.3) is 5.69 Å². The van der Waals surface area contributed by atoms with Gasteiger partial charge in [0.1, 0.15) is 0 Å². The SMILES string of the molecule is Cc1c(N)cnn1-c1ccccc1Br. The van der Waals surface area contributed by atoms with E-state index in [4.69, 9.17) is 5.73 Å². The van der Waals surface area contributed by atoms with Gasteiger partial charge in [-0.25, -0.2) is 4.68 Å². The predicted octanol–water partition coefficient (Wildman–Crippen LogP) is 2.53. The summed E-state index contributed by atoms with van der Waals surface area (Å²) in [6, 6.07) is 7.91. The zero-order valence-corrected chi connectivity index (χ0v) is 9.32. The van der Waals surface area contributed by atoms with Crippen molar-refractivity contribution >= 4 is 21.6 Å². The minimum atomic E-state index is 0.709. The molecule has 1 aromatic carbocycles. The molecule has 0 aliphatic heterocycles. The number of para-hydroxylation sites is 1. The van der Waals surface area contributed by atoms with Crippen LogP contribution in [0.3, 0.4) is 0 Å². The molecular weight excluding hydrogens is 242 g/mol. The zero-order valence-electron chi connectivity index (χ0n) is 7.74. The first kappa shape index (κ1) is 9.27. The van der Waals surface area contributed by atoms with Crippen molar-refractivity contribution in [2.45, 2.75) is 6.92 Å². The number of aromatic nitrogens is 2. The third-order valence-corrected chi connectivity index (χ3v) is 2.80. The first-order valence-corrected chi connectivity index (χ1v) is 5.04. The molecule has 0 aliphatic rings. The Morgan fingerprint density at radius 2 is 2.07 bits per heavy atom. The molecule has 1 aromatic heterocycles. The third-order valence-electron chi connectivity index (χ3n) is 2.13. The number of hydrogen-bond acceptors (Lipinski definition) is 2. The van der Waals surface area contributed by atoms with Crippen molar-refractivity contribution in [3.8, 4) is 5.69 Å². The second kappa shape index (κ2) is 3.46. The molecule has 0 radical (unpaired) electrons. The summed E-state index contributed by atoms with van der Waals surface area (Å²) >= 11 is 3.47. The smallest absolute Gasteiger partial charge is 0.0791 e. The quantitative estimate of drug-likeness (QED) is 0.847. The molecule has 0 aliphatic carbocycles. The number of nitrogen functional groups attached to an aromatic ring is 1. The van der Waals surface area contributed by atoms with E-state index >= 15 is 0 Å². The summed E-state index contributed by atoms with van der Waals surface area (Å²) in [5, 5.41) is 4.21. The monoisotopic (exact) mass is 251 g/mol. The molecular formula is C10H10BrN3. The molecule has 0 unspecified atom stereocenters. The zero-order chi connectivity index (χ0) is 10.1. The minimum absolute atomic E-state index is 0.709. The minimum Gasteiger partial charge on any atom is -0.396 e. The maximum atomic E-state index is 5.73. The number of rotatable bonds is 1. The van der Waals surface area contributed by atoms with Crippen molar-refractivity contribution in [3.05, 3.63) is 40.6 Å². The molecule has 0 bridgehead atoms. The van der Waals surface area contributed by atoms with E-state index in [0.717, 1.165) is 15.9 Å². The number of benzene rings is 1. The van der Waals surface area contributed by atoms with Gasteiger partial charge in [0.15, 0.2) is 0 Å². The summed E-state index contributed by atoms with van der Waals surface area (Å²) < 4.78 is 2.82. The van der Waals surface area contributed by atoms with Gasteiger partial charge in [-0.3, -0.25) is 0 Å². The standard InChI is InChI=1S/C10H10BrN3/c1-7-9(12)6-13-14(7)10-5-3-2-4-8(10)11/h2-6H,12H2,1H3. The average Bonchev–Trinajstić information content (AvgIpc) is 2.49. The molecule has 14 heavy (non-hydrogen) atoms. The highest BCUT2D eigenvalue weighted by molar-refractivity contribution is 9.10. The van der Waals surface area contributed by atoms with Crippen molar-refractivity contribution in [1.82, 2.24) is 9.78 Å². The molecule has 0 fully saturated rings. The highest BCUT2D eigenvalue weighted by atomic mass is 79.9. The predicted molar refractivity (Wildman–Crippen MR) is 60.4 cm³/mol. The van der Waals surface area contributed by atoms with E-state index in [1.165, 1.54) is 0 Å². The fraction of sp³-hybridized carbons (Fsp3) is 0.100. The van der Waals surface area contributed by atoms with Crippen LogP contribution in [0.5, 0.6) is 0 Å². The van der Waals surface area contributed by atoms with Crippen LogP contribution >= 0.6 is 15.9 Å². The van der Waals surface area contributed by atoms with Crippen LogP contribution in [-0.2, 0) is 0 Å². The Morgan fingerprint density at radius 1 is 1.36 bits per heavy atom. The second-order valence-electron chi connectivity index (χ2n) is 3.05. The number of hydrogen-bond donors (Lipinski definition) is 1. The molecule has 1 heterocycles. The number of anilines is 1. The van der Waals surface area contributed by atoms with Crippen LogP contribution in [0.2, 0.25) is 0 Å². The van der Waals surface area contributed by atoms with Crippen LogP contribution in [0.1, 0.15) is 5.69 Å². The van der Waals surface area contributed by atoms with Gasteiger partial charge in [-0.2, -0.15) is 5.10 Å². The lowest BCUT2D eigenvalue weighted by atomic mass is 10.3. The number of nitrogens with two attached hydrogens (primary N) is 1. The second-order valence-corrected chi connectivity index (χ2v) is 3.90. The number of halogens is 1. The fourth-order valence-corrected chi connectivity index (χ4v) is 1.74. The van der Waals surface area contributed by atoms with E-state index < -0.39 is 0 Å². The highest BCUT2D eigenvalue weighted by Crippen LogP contribution is 2.22. The lowest BCUT2D eigenvalue weighted by Gasteiger charge is -2.06.